The Morgan fingerprint density at radius 3 is 1.22 bits per heavy atom. The van der Waals surface area contributed by atoms with Crippen molar-refractivity contribution in [3.8, 4) is 23.0 Å². The molecule has 688 valence electrons. The molecule has 37 nitrogen and oxygen atoms in total. The van der Waals surface area contributed by atoms with Gasteiger partial charge in [-0.25, -0.2) is 18.0 Å². The van der Waals surface area contributed by atoms with E-state index in [1.54, 1.807) is 108 Å². The first-order valence-corrected chi connectivity index (χ1v) is 42.7. The molecular formula is C96H74F3N13O24. The number of methoxy groups -OCH3 is 4. The Hall–Kier alpha value is -17.0. The summed E-state index contributed by atoms with van der Waals surface area (Å²) in [4.78, 5) is 210. The lowest BCUT2D eigenvalue weighted by molar-refractivity contribution is -0.128. The van der Waals surface area contributed by atoms with E-state index in [1.807, 2.05) is 18.2 Å². The first kappa shape index (κ1) is 85.8. The van der Waals surface area contributed by atoms with Gasteiger partial charge < -0.3 is 82.4 Å². The number of urea groups is 1. The van der Waals surface area contributed by atoms with Crippen LogP contribution in [0.2, 0.25) is 0 Å². The van der Waals surface area contributed by atoms with E-state index < -0.39 is 111 Å². The third-order valence-electron chi connectivity index (χ3n) is 27.2. The summed E-state index contributed by atoms with van der Waals surface area (Å²) in [7, 11) is 7.19. The highest BCUT2D eigenvalue weighted by Crippen LogP contribution is 2.48. The number of halogens is 3. The van der Waals surface area contributed by atoms with Gasteiger partial charge in [0.1, 0.15) is 67.5 Å². The zero-order chi connectivity index (χ0) is 95.1. The Morgan fingerprint density at radius 2 is 0.772 bits per heavy atom. The molecule has 8 aromatic carbocycles. The van der Waals surface area contributed by atoms with Crippen LogP contribution in [0.15, 0.2) is 145 Å². The predicted octanol–water partition coefficient (Wildman–Crippen LogP) is 7.01. The minimum Gasteiger partial charge on any atom is -0.497 e. The van der Waals surface area contributed by atoms with Gasteiger partial charge in [0.05, 0.1) is 82.1 Å². The minimum absolute atomic E-state index is 0.0143. The fraction of sp³-hybridized carbons (Fsp3) is 0.250. The number of amides is 17. The van der Waals surface area contributed by atoms with E-state index >= 15 is 4.39 Å². The fourth-order valence-corrected chi connectivity index (χ4v) is 20.3. The number of imide groups is 4. The molecule has 12 aliphatic heterocycles. The van der Waals surface area contributed by atoms with Gasteiger partial charge in [-0.3, -0.25) is 93.2 Å². The smallest absolute Gasteiger partial charge is 0.322 e. The Labute approximate surface area is 763 Å². The molecule has 0 radical (unpaired) electrons. The molecule has 136 heavy (non-hydrogen) atoms. The van der Waals surface area contributed by atoms with Crippen LogP contribution in [-0.4, -0.2) is 181 Å². The van der Waals surface area contributed by atoms with Crippen LogP contribution in [0.5, 0.6) is 23.0 Å². The molecule has 4 saturated heterocycles. The summed E-state index contributed by atoms with van der Waals surface area (Å²) in [6.45, 7) is 1.38. The quantitative estimate of drug-likeness (QED) is 0.0356. The maximum absolute atomic E-state index is 15.3. The largest absolute Gasteiger partial charge is 0.497 e. The number of hydrogen-bond donors (Lipinski definition) is 8. The predicted molar refractivity (Wildman–Crippen MR) is 462 cm³/mol. The first-order chi connectivity index (χ1) is 65.2. The van der Waals surface area contributed by atoms with Crippen LogP contribution in [0.1, 0.15) is 170 Å². The highest BCUT2D eigenvalue weighted by atomic mass is 19.1. The molecule has 0 saturated carbocycles. The van der Waals surface area contributed by atoms with E-state index in [1.165, 1.54) is 61.3 Å². The number of hydrogen-bond acceptors (Lipinski definition) is 24. The second-order valence-electron chi connectivity index (χ2n) is 35.0. The number of carbonyl (C=O) groups excluding carboxylic acids is 16. The third kappa shape index (κ3) is 13.2. The van der Waals surface area contributed by atoms with Gasteiger partial charge in [0.2, 0.25) is 35.4 Å². The summed E-state index contributed by atoms with van der Waals surface area (Å²) in [5.74, 6) is -7.61. The van der Waals surface area contributed by atoms with Gasteiger partial charge in [0.15, 0.2) is 40.1 Å². The lowest BCUT2D eigenvalue weighted by Crippen LogP contribution is -2.52. The number of nitrogens with one attached hydrogen (secondary N) is 8. The lowest BCUT2D eigenvalue weighted by Gasteiger charge is -2.29. The number of benzene rings is 8. The van der Waals surface area contributed by atoms with E-state index in [4.69, 9.17) is 36.6 Å². The molecule has 24 rings (SSSR count). The van der Waals surface area contributed by atoms with Gasteiger partial charge in [-0.15, -0.1) is 0 Å². The second-order valence-corrected chi connectivity index (χ2v) is 35.0. The number of fused-ring (bicyclic) bond motifs is 15. The van der Waals surface area contributed by atoms with E-state index in [2.05, 4.69) is 42.5 Å². The average molecular weight is 1850 g/mol. The summed E-state index contributed by atoms with van der Waals surface area (Å²) in [5.41, 5.74) is 2.47. The number of ether oxygens (including phenoxy) is 4. The molecule has 40 heteroatoms. The summed E-state index contributed by atoms with van der Waals surface area (Å²) in [6, 6.07) is 34.1. The van der Waals surface area contributed by atoms with Crippen molar-refractivity contribution in [2.75, 3.05) is 61.7 Å². The monoisotopic (exact) mass is 1850 g/mol. The van der Waals surface area contributed by atoms with Crippen LogP contribution in [-0.2, 0) is 108 Å². The topological polar surface area (TPSA) is 475 Å². The van der Waals surface area contributed by atoms with E-state index in [0.29, 0.717) is 127 Å². The van der Waals surface area contributed by atoms with Crippen LogP contribution < -0.4 is 61.5 Å². The maximum Gasteiger partial charge on any atom is 0.322 e. The molecule has 0 aliphatic carbocycles. The van der Waals surface area contributed by atoms with Crippen molar-refractivity contribution in [1.82, 2.24) is 67.0 Å². The van der Waals surface area contributed by atoms with Crippen molar-refractivity contribution in [3.63, 3.8) is 0 Å². The van der Waals surface area contributed by atoms with Crippen LogP contribution in [0.25, 0.3) is 43.9 Å². The van der Waals surface area contributed by atoms with E-state index in [9.17, 15) is 85.5 Å². The van der Waals surface area contributed by atoms with Crippen molar-refractivity contribution < 1.29 is 126 Å². The van der Waals surface area contributed by atoms with Crippen molar-refractivity contribution in [2.45, 2.75) is 93.4 Å². The normalized spacial score (nSPS) is 21.2. The third-order valence-corrected chi connectivity index (χ3v) is 27.2. The van der Waals surface area contributed by atoms with E-state index in [-0.39, 0.29) is 145 Å². The maximum atomic E-state index is 15.3. The molecule has 12 aromatic rings. The standard InChI is InChI=1S/C24H18F2N4O6.C24H18FN3O6.2C24H19N3O6/c1-29-7-12-5-11-6-14(36-19(11)18(26)16(12)20(29)31)24(22(33)27-23(34)28-24)9-30-8-10-3-4-13(35-2)17(25)15(10)21(30)32;1-33-15-5-3-12-9-28(22(31)19(12)20(15)25)10-24(7-17(29)27-23(24)32)16-6-13-14(34-16)4-2-11-8-26-21(30)18(11)13;1-32-14-4-2-13-10-27(22(30)15(13)6-14)11-24(8-19(28)26-23(24)31)18-7-16-17(33-18)5-3-12-9-25-21(29)20(12)16;1-32-13-3-2-12-10-27(22(30)15(12)6-13)11-24(8-20(28)26-23(24)31)19-7-16-17-9-25-21(29)14(17)4-5-18(16)33-19/h3-6H,7-9H2,1-2H3,(H2,27,28,33,34);2-6H,7-10H2,1H3,(H,26,30)(H,27,29,32);2*2-7H,8-11H2,1H3,(H,25,29)(H,26,28,31)/t4*24-/m0111/s1. The van der Waals surface area contributed by atoms with Crippen molar-refractivity contribution in [3.05, 3.63) is 257 Å². The molecule has 17 amide bonds. The van der Waals surface area contributed by atoms with Gasteiger partial charge >= 0.3 is 6.03 Å². The van der Waals surface area contributed by atoms with Crippen LogP contribution in [0, 0.1) is 17.5 Å². The van der Waals surface area contributed by atoms with Crippen LogP contribution in [0.4, 0.5) is 18.0 Å². The number of nitrogens with zero attached hydrogens (tertiary/aromatic N) is 5. The zero-order valence-corrected chi connectivity index (χ0v) is 72.4. The van der Waals surface area contributed by atoms with Crippen molar-refractivity contribution >= 4 is 139 Å². The molecule has 0 spiro atoms. The van der Waals surface area contributed by atoms with Crippen molar-refractivity contribution in [1.29, 1.82) is 0 Å². The Bertz CT molecular complexity index is 7580. The number of carbonyl (C=O) groups is 16. The van der Waals surface area contributed by atoms with Gasteiger partial charge in [-0.1, -0.05) is 36.4 Å². The van der Waals surface area contributed by atoms with Gasteiger partial charge in [-0.2, -0.15) is 0 Å². The fourth-order valence-electron chi connectivity index (χ4n) is 20.3. The summed E-state index contributed by atoms with van der Waals surface area (Å²) in [5, 5.41) is 22.1. The molecule has 4 atom stereocenters. The summed E-state index contributed by atoms with van der Waals surface area (Å²) >= 11 is 0. The Balaban J connectivity index is 0.000000109. The highest BCUT2D eigenvalue weighted by molar-refractivity contribution is 6.16. The molecule has 16 heterocycles. The summed E-state index contributed by atoms with van der Waals surface area (Å²) < 4.78 is 89.2. The van der Waals surface area contributed by atoms with Gasteiger partial charge in [0.25, 0.3) is 53.2 Å². The zero-order valence-electron chi connectivity index (χ0n) is 72.4. The molecular weight excluding hydrogens is 1780 g/mol. The molecule has 12 aliphatic rings. The number of rotatable bonds is 16. The Kier molecular flexibility index (Phi) is 19.8. The van der Waals surface area contributed by atoms with E-state index in [0.717, 1.165) is 27.8 Å². The van der Waals surface area contributed by atoms with Gasteiger partial charge in [-0.05, 0) is 136 Å². The first-order valence-electron chi connectivity index (χ1n) is 42.7. The van der Waals surface area contributed by atoms with Crippen LogP contribution >= 0.6 is 0 Å². The number of furan rings is 4. The molecule has 4 aromatic heterocycles. The summed E-state index contributed by atoms with van der Waals surface area (Å²) in [6.07, 6.45) is -0.524. The molecule has 4 fully saturated rings. The highest BCUT2D eigenvalue weighted by Gasteiger charge is 2.59. The minimum atomic E-state index is -1.91. The molecule has 0 unspecified atom stereocenters. The Morgan fingerprint density at radius 1 is 0.353 bits per heavy atom. The van der Waals surface area contributed by atoms with Crippen LogP contribution in [0.3, 0.4) is 0 Å². The second kappa shape index (κ2) is 31.4. The average Bonchev–Trinajstić information content (AvgIpc) is 1.60. The molecule has 8 N–H and O–H groups in total. The molecule has 0 bridgehead atoms. The SMILES string of the molecule is COc1ccc2c(c1)C(=O)N(C[C@@]1(c3cc4c5c(ccc4o3)C(=O)NC5)CC(=O)NC1=O)C2.COc1ccc2c(c1)C(=O)N(C[C@@]1(c3cc4c5c(ccc4o3)CNC5=O)CC(=O)NC1=O)C2.COc1ccc2c(c1F)C(=O)N(C[C@@]1(c3cc4c5c(ccc4o3)CNC5=O)CC(=O)NC1=O)C2.COc1ccc2c(c1F)C(=O)N(C[C@@]1(c3cc4cc5c(c(F)c4o3)C(=O)N(C)C5)NC(=O)NC1=O)C2. The van der Waals surface area contributed by atoms with Crippen molar-refractivity contribution in [2.24, 2.45) is 0 Å². The van der Waals surface area contributed by atoms with Gasteiger partial charge in [0, 0.05) is 117 Å². The lowest BCUT2D eigenvalue weighted by atomic mass is 9.82.